The maximum atomic E-state index is 7.77. The molecule has 4 heteroatoms. The lowest BCUT2D eigenvalue weighted by molar-refractivity contribution is 0.502. The minimum atomic E-state index is 0.0867. The van der Waals surface area contributed by atoms with E-state index in [1.807, 2.05) is 27.0 Å². The Bertz CT molecular complexity index is 465. The molecule has 1 aromatic rings. The highest BCUT2D eigenvalue weighted by molar-refractivity contribution is 6.01. The van der Waals surface area contributed by atoms with E-state index in [-0.39, 0.29) is 5.84 Å². The van der Waals surface area contributed by atoms with E-state index < -0.39 is 0 Å². The van der Waals surface area contributed by atoms with E-state index in [1.165, 1.54) is 0 Å². The molecular formula is C15H26N4. The number of amidine groups is 1. The molecule has 0 aromatic carbocycles. The molecule has 0 aliphatic carbocycles. The van der Waals surface area contributed by atoms with Crippen LogP contribution in [-0.4, -0.2) is 23.9 Å². The Morgan fingerprint density at radius 2 is 1.95 bits per heavy atom. The van der Waals surface area contributed by atoms with Gasteiger partial charge in [0.1, 0.15) is 11.7 Å². The zero-order chi connectivity index (χ0) is 14.7. The molecule has 1 rings (SSSR count). The molecule has 19 heavy (non-hydrogen) atoms. The SMILES string of the molecule is Cc1cc(C)c(C(=N)N)c(N(C)C(C)CC(C)C)n1. The molecule has 0 amide bonds. The van der Waals surface area contributed by atoms with Crippen molar-refractivity contribution < 1.29 is 0 Å². The first-order valence-electron chi connectivity index (χ1n) is 6.79. The Morgan fingerprint density at radius 1 is 1.37 bits per heavy atom. The third kappa shape index (κ3) is 3.69. The predicted molar refractivity (Wildman–Crippen MR) is 82.0 cm³/mol. The molecule has 0 radical (unpaired) electrons. The smallest absolute Gasteiger partial charge is 0.140 e. The minimum absolute atomic E-state index is 0.0867. The molecule has 1 unspecified atom stereocenters. The van der Waals surface area contributed by atoms with Gasteiger partial charge in [-0.05, 0) is 44.7 Å². The number of aryl methyl sites for hydroxylation is 2. The molecule has 0 bridgehead atoms. The van der Waals surface area contributed by atoms with Gasteiger partial charge in [0.05, 0.1) is 5.56 Å². The molecule has 1 atom stereocenters. The summed E-state index contributed by atoms with van der Waals surface area (Å²) in [5, 5.41) is 7.77. The van der Waals surface area contributed by atoms with Crippen molar-refractivity contribution in [3.8, 4) is 0 Å². The lowest BCUT2D eigenvalue weighted by Crippen LogP contribution is -2.33. The molecular weight excluding hydrogens is 236 g/mol. The van der Waals surface area contributed by atoms with Gasteiger partial charge in [-0.15, -0.1) is 0 Å². The standard InChI is InChI=1S/C15H26N4/c1-9(2)7-12(5)19(6)15-13(14(16)17)10(3)8-11(4)18-15/h8-9,12H,7H2,1-6H3,(H3,16,17). The van der Waals surface area contributed by atoms with E-state index in [9.17, 15) is 0 Å². The van der Waals surface area contributed by atoms with Crippen LogP contribution in [0.4, 0.5) is 5.82 Å². The van der Waals surface area contributed by atoms with Gasteiger partial charge in [0, 0.05) is 18.8 Å². The molecule has 0 spiro atoms. The Balaban J connectivity index is 3.21. The first kappa shape index (κ1) is 15.5. The summed E-state index contributed by atoms with van der Waals surface area (Å²) in [5.74, 6) is 1.53. The second-order valence-corrected chi connectivity index (χ2v) is 5.78. The molecule has 1 heterocycles. The van der Waals surface area contributed by atoms with Crippen molar-refractivity contribution in [2.45, 2.75) is 47.1 Å². The normalized spacial score (nSPS) is 12.6. The van der Waals surface area contributed by atoms with Gasteiger partial charge in [-0.1, -0.05) is 13.8 Å². The fraction of sp³-hybridized carbons (Fsp3) is 0.600. The average Bonchev–Trinajstić information content (AvgIpc) is 2.25. The number of anilines is 1. The zero-order valence-electron chi connectivity index (χ0n) is 12.9. The number of hydrogen-bond acceptors (Lipinski definition) is 3. The maximum Gasteiger partial charge on any atom is 0.140 e. The second-order valence-electron chi connectivity index (χ2n) is 5.78. The number of pyridine rings is 1. The van der Waals surface area contributed by atoms with Gasteiger partial charge in [-0.3, -0.25) is 5.41 Å². The highest BCUT2D eigenvalue weighted by atomic mass is 15.2. The maximum absolute atomic E-state index is 7.77. The minimum Gasteiger partial charge on any atom is -0.384 e. The average molecular weight is 262 g/mol. The van der Waals surface area contributed by atoms with Gasteiger partial charge in [-0.25, -0.2) is 4.98 Å². The highest BCUT2D eigenvalue weighted by Gasteiger charge is 2.19. The molecule has 0 aliphatic rings. The molecule has 4 nitrogen and oxygen atoms in total. The van der Waals surface area contributed by atoms with Crippen molar-refractivity contribution >= 4 is 11.7 Å². The lowest BCUT2D eigenvalue weighted by atomic mass is 10.0. The summed E-state index contributed by atoms with van der Waals surface area (Å²) in [6.07, 6.45) is 1.09. The van der Waals surface area contributed by atoms with Crippen molar-refractivity contribution in [1.82, 2.24) is 4.98 Å². The van der Waals surface area contributed by atoms with Gasteiger partial charge in [-0.2, -0.15) is 0 Å². The van der Waals surface area contributed by atoms with E-state index in [2.05, 4.69) is 30.7 Å². The summed E-state index contributed by atoms with van der Waals surface area (Å²) in [6.45, 7) is 10.6. The van der Waals surface area contributed by atoms with Crippen LogP contribution in [0.1, 0.15) is 44.0 Å². The molecule has 0 saturated carbocycles. The van der Waals surface area contributed by atoms with Crippen LogP contribution in [0.3, 0.4) is 0 Å². The monoisotopic (exact) mass is 262 g/mol. The summed E-state index contributed by atoms with van der Waals surface area (Å²) in [5.41, 5.74) is 8.45. The molecule has 0 fully saturated rings. The summed E-state index contributed by atoms with van der Waals surface area (Å²) < 4.78 is 0. The fourth-order valence-corrected chi connectivity index (χ4v) is 2.45. The third-order valence-electron chi connectivity index (χ3n) is 3.40. The number of hydrogen-bond donors (Lipinski definition) is 2. The molecule has 0 aliphatic heterocycles. The number of nitrogen functional groups attached to an aromatic ring is 1. The predicted octanol–water partition coefficient (Wildman–Crippen LogP) is 2.85. The van der Waals surface area contributed by atoms with Crippen LogP contribution in [0.15, 0.2) is 6.07 Å². The van der Waals surface area contributed by atoms with Gasteiger partial charge in [0.25, 0.3) is 0 Å². The van der Waals surface area contributed by atoms with Gasteiger partial charge in [0.2, 0.25) is 0 Å². The Kier molecular flexibility index (Phi) is 4.92. The molecule has 0 saturated heterocycles. The van der Waals surface area contributed by atoms with E-state index in [1.54, 1.807) is 0 Å². The Morgan fingerprint density at radius 3 is 2.42 bits per heavy atom. The van der Waals surface area contributed by atoms with Gasteiger partial charge >= 0.3 is 0 Å². The second kappa shape index (κ2) is 6.04. The fourth-order valence-electron chi connectivity index (χ4n) is 2.45. The number of nitrogens with two attached hydrogens (primary N) is 1. The summed E-state index contributed by atoms with van der Waals surface area (Å²) >= 11 is 0. The van der Waals surface area contributed by atoms with E-state index >= 15 is 0 Å². The van der Waals surface area contributed by atoms with Crippen LogP contribution >= 0.6 is 0 Å². The van der Waals surface area contributed by atoms with E-state index in [4.69, 9.17) is 11.1 Å². The van der Waals surface area contributed by atoms with Crippen LogP contribution in [0.25, 0.3) is 0 Å². The summed E-state index contributed by atoms with van der Waals surface area (Å²) in [7, 11) is 2.03. The van der Waals surface area contributed by atoms with Crippen molar-refractivity contribution in [1.29, 1.82) is 5.41 Å². The van der Waals surface area contributed by atoms with Crippen molar-refractivity contribution in [3.63, 3.8) is 0 Å². The van der Waals surface area contributed by atoms with E-state index in [0.717, 1.165) is 29.1 Å². The Hall–Kier alpha value is -1.58. The number of nitrogens with zero attached hydrogens (tertiary/aromatic N) is 2. The van der Waals surface area contributed by atoms with Gasteiger partial charge < -0.3 is 10.6 Å². The van der Waals surface area contributed by atoms with E-state index in [0.29, 0.717) is 12.0 Å². The molecule has 1 aromatic heterocycles. The van der Waals surface area contributed by atoms with Crippen molar-refractivity contribution in [2.75, 3.05) is 11.9 Å². The number of rotatable bonds is 5. The molecule has 3 N–H and O–H groups in total. The summed E-state index contributed by atoms with van der Waals surface area (Å²) in [6, 6.07) is 2.34. The van der Waals surface area contributed by atoms with Crippen LogP contribution in [-0.2, 0) is 0 Å². The lowest BCUT2D eigenvalue weighted by Gasteiger charge is -2.29. The van der Waals surface area contributed by atoms with Gasteiger partial charge in [0.15, 0.2) is 0 Å². The summed E-state index contributed by atoms with van der Waals surface area (Å²) in [4.78, 5) is 6.72. The number of nitrogens with one attached hydrogen (secondary N) is 1. The first-order chi connectivity index (χ1) is 8.73. The van der Waals surface area contributed by atoms with Crippen LogP contribution in [0.5, 0.6) is 0 Å². The largest absolute Gasteiger partial charge is 0.384 e. The Labute approximate surface area is 116 Å². The van der Waals surface area contributed by atoms with Crippen LogP contribution in [0.2, 0.25) is 0 Å². The third-order valence-corrected chi connectivity index (χ3v) is 3.40. The topological polar surface area (TPSA) is 66.0 Å². The van der Waals surface area contributed by atoms with Crippen molar-refractivity contribution in [2.24, 2.45) is 11.7 Å². The highest BCUT2D eigenvalue weighted by Crippen LogP contribution is 2.24. The number of aromatic nitrogens is 1. The quantitative estimate of drug-likeness (QED) is 0.633. The van der Waals surface area contributed by atoms with Crippen LogP contribution in [0, 0.1) is 25.2 Å². The van der Waals surface area contributed by atoms with Crippen molar-refractivity contribution in [3.05, 3.63) is 22.9 Å². The molecule has 106 valence electrons. The zero-order valence-corrected chi connectivity index (χ0v) is 12.9. The first-order valence-corrected chi connectivity index (χ1v) is 6.79. The van der Waals surface area contributed by atoms with Crippen LogP contribution < -0.4 is 10.6 Å².